The van der Waals surface area contributed by atoms with E-state index in [0.717, 1.165) is 24.3 Å². The van der Waals surface area contributed by atoms with Gasteiger partial charge in [-0.05, 0) is 69.9 Å². The van der Waals surface area contributed by atoms with E-state index in [1.54, 1.807) is 14.2 Å². The van der Waals surface area contributed by atoms with Gasteiger partial charge in [-0.2, -0.15) is 0 Å². The number of methoxy groups -OCH3 is 2. The zero-order valence-corrected chi connectivity index (χ0v) is 13.7. The monoisotopic (exact) mass is 344 g/mol. The molecular formula is C18H17BrO2. The molecule has 2 nitrogen and oxygen atoms in total. The van der Waals surface area contributed by atoms with Crippen molar-refractivity contribution in [2.75, 3.05) is 14.2 Å². The molecule has 0 aromatic heterocycles. The van der Waals surface area contributed by atoms with Crippen molar-refractivity contribution in [3.63, 3.8) is 0 Å². The Bertz CT molecular complexity index is 647. The largest absolute Gasteiger partial charge is 0.497 e. The Hall–Kier alpha value is -1.74. The van der Waals surface area contributed by atoms with Crippen molar-refractivity contribution in [3.05, 3.63) is 63.6 Å². The fourth-order valence-electron chi connectivity index (χ4n) is 2.87. The quantitative estimate of drug-likeness (QED) is 0.793. The Morgan fingerprint density at radius 2 is 1.33 bits per heavy atom. The fourth-order valence-corrected chi connectivity index (χ4v) is 3.36. The van der Waals surface area contributed by atoms with E-state index in [9.17, 15) is 0 Å². The summed E-state index contributed by atoms with van der Waals surface area (Å²) in [4.78, 5) is 2.01. The molecule has 0 fully saturated rings. The Morgan fingerprint density at radius 1 is 0.857 bits per heavy atom. The second-order valence-corrected chi connectivity index (χ2v) is 5.53. The van der Waals surface area contributed by atoms with Crippen LogP contribution >= 0.6 is 15.9 Å². The Balaban J connectivity index is 2.15. The minimum absolute atomic E-state index is 0.909. The number of hydrogen-bond acceptors (Lipinski definition) is 2. The molecule has 0 unspecified atom stereocenters. The first-order valence-corrected chi connectivity index (χ1v) is 7.83. The molecule has 1 aliphatic rings. The Morgan fingerprint density at radius 3 is 1.71 bits per heavy atom. The van der Waals surface area contributed by atoms with Crippen LogP contribution in [0.4, 0.5) is 0 Å². The van der Waals surface area contributed by atoms with E-state index < -0.39 is 0 Å². The van der Waals surface area contributed by atoms with Crippen molar-refractivity contribution in [1.82, 2.24) is 0 Å². The fraction of sp³-hybridized carbons (Fsp3) is 0.222. The molecule has 3 heteroatoms. The number of ether oxygens (including phenoxy) is 2. The van der Waals surface area contributed by atoms with Gasteiger partial charge in [-0.3, -0.25) is 0 Å². The summed E-state index contributed by atoms with van der Waals surface area (Å²) < 4.78 is 10.7. The molecule has 0 N–H and O–H groups in total. The number of aryl methyl sites for hydroxylation is 2. The Kier molecular flexibility index (Phi) is 4.02. The van der Waals surface area contributed by atoms with E-state index in [4.69, 9.17) is 9.47 Å². The lowest BCUT2D eigenvalue weighted by atomic mass is 9.95. The van der Waals surface area contributed by atoms with Gasteiger partial charge < -0.3 is 9.47 Å². The van der Waals surface area contributed by atoms with Crippen molar-refractivity contribution >= 4 is 21.5 Å². The van der Waals surface area contributed by atoms with Crippen LogP contribution < -0.4 is 9.47 Å². The number of rotatable bonds is 2. The average Bonchev–Trinajstić information content (AvgIpc) is 2.69. The second-order valence-electron chi connectivity index (χ2n) is 5.07. The van der Waals surface area contributed by atoms with E-state index >= 15 is 0 Å². The van der Waals surface area contributed by atoms with E-state index in [1.165, 1.54) is 27.8 Å². The summed E-state index contributed by atoms with van der Waals surface area (Å²) in [6.07, 6.45) is 1.99. The number of benzene rings is 2. The van der Waals surface area contributed by atoms with E-state index in [0.29, 0.717) is 0 Å². The molecule has 0 aliphatic heterocycles. The molecule has 3 rings (SSSR count). The summed E-state index contributed by atoms with van der Waals surface area (Å²) in [7, 11) is 3.42. The molecule has 0 spiro atoms. The van der Waals surface area contributed by atoms with Crippen molar-refractivity contribution in [3.8, 4) is 11.5 Å². The van der Waals surface area contributed by atoms with Crippen molar-refractivity contribution in [2.45, 2.75) is 12.8 Å². The van der Waals surface area contributed by atoms with Gasteiger partial charge in [0.15, 0.2) is 0 Å². The predicted molar refractivity (Wildman–Crippen MR) is 89.4 cm³/mol. The minimum atomic E-state index is 0.909. The van der Waals surface area contributed by atoms with Gasteiger partial charge in [-0.15, -0.1) is 0 Å². The van der Waals surface area contributed by atoms with E-state index in [1.807, 2.05) is 17.1 Å². The molecule has 0 saturated heterocycles. The van der Waals surface area contributed by atoms with Crippen LogP contribution in [0.15, 0.2) is 41.4 Å². The van der Waals surface area contributed by atoms with Gasteiger partial charge in [0, 0.05) is 0 Å². The van der Waals surface area contributed by atoms with Gasteiger partial charge in [0.2, 0.25) is 0 Å². The summed E-state index contributed by atoms with van der Waals surface area (Å²) in [5.41, 5.74) is 6.36. The molecule has 108 valence electrons. The average molecular weight is 345 g/mol. The third-order valence-corrected chi connectivity index (χ3v) is 4.44. The first kappa shape index (κ1) is 14.2. The summed E-state index contributed by atoms with van der Waals surface area (Å²) in [6.45, 7) is 0. The van der Waals surface area contributed by atoms with Crippen LogP contribution in [0.5, 0.6) is 11.5 Å². The first-order valence-electron chi connectivity index (χ1n) is 6.91. The van der Waals surface area contributed by atoms with Crippen LogP contribution in [0, 0.1) is 0 Å². The van der Waals surface area contributed by atoms with Gasteiger partial charge in [-0.1, -0.05) is 28.1 Å². The van der Waals surface area contributed by atoms with Gasteiger partial charge in [0.05, 0.1) is 14.2 Å². The first-order chi connectivity index (χ1) is 10.3. The number of hydrogen-bond donors (Lipinski definition) is 0. The minimum Gasteiger partial charge on any atom is -0.497 e. The lowest BCUT2D eigenvalue weighted by Gasteiger charge is -2.12. The van der Waals surface area contributed by atoms with Gasteiger partial charge in [0.25, 0.3) is 0 Å². The van der Waals surface area contributed by atoms with Crippen LogP contribution in [0.1, 0.15) is 22.3 Å². The highest BCUT2D eigenvalue weighted by molar-refractivity contribution is 9.11. The molecule has 0 saturated carbocycles. The van der Waals surface area contributed by atoms with Crippen molar-refractivity contribution < 1.29 is 9.47 Å². The van der Waals surface area contributed by atoms with Crippen molar-refractivity contribution in [1.29, 1.82) is 0 Å². The summed E-state index contributed by atoms with van der Waals surface area (Å²) in [5, 5.41) is 0. The van der Waals surface area contributed by atoms with Gasteiger partial charge in [0.1, 0.15) is 11.5 Å². The molecule has 0 amide bonds. The third-order valence-electron chi connectivity index (χ3n) is 3.98. The third kappa shape index (κ3) is 2.58. The molecular weight excluding hydrogens is 328 g/mol. The predicted octanol–water partition coefficient (Wildman–Crippen LogP) is 4.59. The SMILES string of the molecule is COc1ccc2c(c1)CCc1cc(OC)ccc1C2=CBr. The molecule has 0 heterocycles. The molecule has 21 heavy (non-hydrogen) atoms. The molecule has 1 aliphatic carbocycles. The lowest BCUT2D eigenvalue weighted by Crippen LogP contribution is -1.93. The highest BCUT2D eigenvalue weighted by atomic mass is 79.9. The highest BCUT2D eigenvalue weighted by Crippen LogP contribution is 2.37. The molecule has 0 atom stereocenters. The maximum atomic E-state index is 5.35. The second kappa shape index (κ2) is 5.94. The van der Waals surface area contributed by atoms with Crippen LogP contribution in [0.3, 0.4) is 0 Å². The van der Waals surface area contributed by atoms with Crippen molar-refractivity contribution in [2.24, 2.45) is 0 Å². The topological polar surface area (TPSA) is 18.5 Å². The van der Waals surface area contributed by atoms with E-state index in [-0.39, 0.29) is 0 Å². The summed E-state index contributed by atoms with van der Waals surface area (Å²) in [5.74, 6) is 1.82. The standard InChI is InChI=1S/C18H17BrO2/c1-20-14-5-7-16-12(9-14)3-4-13-10-15(21-2)6-8-17(13)18(16)11-19/h5-11H,3-4H2,1-2H3. The van der Waals surface area contributed by atoms with E-state index in [2.05, 4.69) is 40.2 Å². The van der Waals surface area contributed by atoms with Gasteiger partial charge in [-0.25, -0.2) is 0 Å². The zero-order valence-electron chi connectivity index (χ0n) is 12.2. The summed E-state index contributed by atoms with van der Waals surface area (Å²) in [6, 6.07) is 12.6. The maximum absolute atomic E-state index is 5.35. The summed E-state index contributed by atoms with van der Waals surface area (Å²) >= 11 is 3.53. The normalized spacial score (nSPS) is 13.0. The zero-order chi connectivity index (χ0) is 14.8. The molecule has 0 bridgehead atoms. The molecule has 0 radical (unpaired) electrons. The lowest BCUT2D eigenvalue weighted by molar-refractivity contribution is 0.414. The van der Waals surface area contributed by atoms with Crippen LogP contribution in [0.25, 0.3) is 5.57 Å². The highest BCUT2D eigenvalue weighted by Gasteiger charge is 2.18. The Labute approximate surface area is 133 Å². The number of fused-ring (bicyclic) bond motifs is 2. The van der Waals surface area contributed by atoms with Crippen LogP contribution in [0.2, 0.25) is 0 Å². The maximum Gasteiger partial charge on any atom is 0.119 e. The smallest absolute Gasteiger partial charge is 0.119 e. The molecule has 2 aromatic carbocycles. The number of halogens is 1. The molecule has 2 aromatic rings. The van der Waals surface area contributed by atoms with Crippen LogP contribution in [-0.4, -0.2) is 14.2 Å². The van der Waals surface area contributed by atoms with Crippen LogP contribution in [-0.2, 0) is 12.8 Å². The van der Waals surface area contributed by atoms with Gasteiger partial charge >= 0.3 is 0 Å².